The Morgan fingerprint density at radius 3 is 2.42 bits per heavy atom. The molecule has 2 aromatic carbocycles. The van der Waals surface area contributed by atoms with Crippen molar-refractivity contribution >= 4 is 30.1 Å². The summed E-state index contributed by atoms with van der Waals surface area (Å²) in [5, 5.41) is 3.61. The molecule has 3 rings (SSSR count). The highest BCUT2D eigenvalue weighted by Crippen LogP contribution is 2.20. The van der Waals surface area contributed by atoms with Gasteiger partial charge in [0.1, 0.15) is 5.69 Å². The molecule has 1 amide bonds. The van der Waals surface area contributed by atoms with E-state index in [0.717, 1.165) is 22.6 Å². The Morgan fingerprint density at radius 2 is 1.71 bits per heavy atom. The molecule has 3 aromatic rings. The highest BCUT2D eigenvalue weighted by Gasteiger charge is 2.09. The first-order valence-electron chi connectivity index (χ1n) is 7.63. The zero-order valence-corrected chi connectivity index (χ0v) is 14.6. The molecule has 0 radical (unpaired) electrons. The third-order valence-corrected chi connectivity index (χ3v) is 4.27. The minimum Gasteiger partial charge on any atom is -0.351 e. The summed E-state index contributed by atoms with van der Waals surface area (Å²) in [5.74, 6) is -0.110. The number of halogens is 1. The number of rotatable bonds is 5. The van der Waals surface area contributed by atoms with Crippen LogP contribution in [0.15, 0.2) is 65.6 Å². The molecule has 0 saturated carbocycles. The molecule has 0 unspecified atom stereocenters. The van der Waals surface area contributed by atoms with Crippen LogP contribution in [0.5, 0.6) is 0 Å². The third kappa shape index (κ3) is 4.22. The molecule has 3 nitrogen and oxygen atoms in total. The van der Waals surface area contributed by atoms with E-state index in [-0.39, 0.29) is 5.91 Å². The molecule has 0 saturated heterocycles. The summed E-state index contributed by atoms with van der Waals surface area (Å²) in [6, 6.07) is 19.1. The van der Waals surface area contributed by atoms with Crippen LogP contribution in [0.1, 0.15) is 16.1 Å². The molecule has 0 aliphatic rings. The lowest BCUT2D eigenvalue weighted by atomic mass is 10.1. The average molecular weight is 357 g/mol. The van der Waals surface area contributed by atoms with Gasteiger partial charge in [-0.15, -0.1) is 12.6 Å². The summed E-state index contributed by atoms with van der Waals surface area (Å²) in [5.41, 5.74) is 3.60. The summed E-state index contributed by atoms with van der Waals surface area (Å²) in [6.45, 7) is 0.583. The minimum absolute atomic E-state index is 0.110. The maximum atomic E-state index is 12.2. The standard InChI is InChI=1S/C19H17ClN2OS/c20-15-5-3-14(4-6-15)17-9-10-18(22-17)19(23)21-12-11-13-1-7-16(24)8-2-13/h1-10,22,24H,11-12H2,(H,21,23). The van der Waals surface area contributed by atoms with Crippen LogP contribution in [-0.2, 0) is 6.42 Å². The van der Waals surface area contributed by atoms with E-state index < -0.39 is 0 Å². The molecule has 0 aliphatic heterocycles. The quantitative estimate of drug-likeness (QED) is 0.575. The molecular weight excluding hydrogens is 340 g/mol. The molecule has 0 atom stereocenters. The van der Waals surface area contributed by atoms with Gasteiger partial charge in [-0.1, -0.05) is 35.9 Å². The minimum atomic E-state index is -0.110. The second-order valence-corrected chi connectivity index (χ2v) is 6.42. The SMILES string of the molecule is O=C(NCCc1ccc(S)cc1)c1ccc(-c2ccc(Cl)cc2)[nH]1. The Kier molecular flexibility index (Phi) is 5.28. The van der Waals surface area contributed by atoms with Crippen molar-refractivity contribution in [2.75, 3.05) is 6.54 Å². The maximum absolute atomic E-state index is 12.2. The highest BCUT2D eigenvalue weighted by atomic mass is 35.5. The fourth-order valence-electron chi connectivity index (χ4n) is 2.40. The molecule has 0 fully saturated rings. The second kappa shape index (κ2) is 7.60. The summed E-state index contributed by atoms with van der Waals surface area (Å²) >= 11 is 10.2. The number of nitrogens with one attached hydrogen (secondary N) is 2. The number of hydrogen-bond donors (Lipinski definition) is 3. The third-order valence-electron chi connectivity index (χ3n) is 3.72. The zero-order valence-electron chi connectivity index (χ0n) is 12.9. The summed E-state index contributed by atoms with van der Waals surface area (Å²) in [4.78, 5) is 16.3. The van der Waals surface area contributed by atoms with E-state index in [1.165, 1.54) is 5.56 Å². The van der Waals surface area contributed by atoms with Crippen molar-refractivity contribution in [1.29, 1.82) is 0 Å². The first-order chi connectivity index (χ1) is 11.6. The maximum Gasteiger partial charge on any atom is 0.267 e. The topological polar surface area (TPSA) is 44.9 Å². The van der Waals surface area contributed by atoms with Crippen LogP contribution in [0, 0.1) is 0 Å². The van der Waals surface area contributed by atoms with E-state index in [1.54, 1.807) is 6.07 Å². The number of thiol groups is 1. The summed E-state index contributed by atoms with van der Waals surface area (Å²) in [7, 11) is 0. The van der Waals surface area contributed by atoms with Crippen LogP contribution in [0.4, 0.5) is 0 Å². The number of aromatic nitrogens is 1. The molecule has 122 valence electrons. The van der Waals surface area contributed by atoms with Gasteiger partial charge in [0.2, 0.25) is 0 Å². The first kappa shape index (κ1) is 16.7. The van der Waals surface area contributed by atoms with Crippen LogP contribution < -0.4 is 5.32 Å². The molecule has 24 heavy (non-hydrogen) atoms. The lowest BCUT2D eigenvalue weighted by molar-refractivity contribution is 0.0950. The van der Waals surface area contributed by atoms with Crippen LogP contribution in [-0.4, -0.2) is 17.4 Å². The van der Waals surface area contributed by atoms with Gasteiger partial charge in [0.25, 0.3) is 5.91 Å². The van der Waals surface area contributed by atoms with E-state index in [9.17, 15) is 4.79 Å². The smallest absolute Gasteiger partial charge is 0.267 e. The monoisotopic (exact) mass is 356 g/mol. The number of aromatic amines is 1. The second-order valence-electron chi connectivity index (χ2n) is 5.46. The Balaban J connectivity index is 1.57. The predicted molar refractivity (Wildman–Crippen MR) is 101 cm³/mol. The van der Waals surface area contributed by atoms with E-state index in [0.29, 0.717) is 17.3 Å². The van der Waals surface area contributed by atoms with Gasteiger partial charge in [-0.2, -0.15) is 0 Å². The molecule has 1 heterocycles. The van der Waals surface area contributed by atoms with Crippen LogP contribution in [0.2, 0.25) is 5.02 Å². The number of carbonyl (C=O) groups excluding carboxylic acids is 1. The van der Waals surface area contributed by atoms with Gasteiger partial charge in [-0.25, -0.2) is 0 Å². The van der Waals surface area contributed by atoms with Gasteiger partial charge >= 0.3 is 0 Å². The summed E-state index contributed by atoms with van der Waals surface area (Å²) in [6.07, 6.45) is 0.782. The Hall–Kier alpha value is -2.17. The number of benzene rings is 2. The van der Waals surface area contributed by atoms with Crippen LogP contribution in [0.3, 0.4) is 0 Å². The lowest BCUT2D eigenvalue weighted by Gasteiger charge is -2.05. The molecule has 1 aromatic heterocycles. The molecule has 5 heteroatoms. The average Bonchev–Trinajstić information content (AvgIpc) is 3.07. The fraction of sp³-hybridized carbons (Fsp3) is 0.105. The number of H-pyrrole nitrogens is 1. The first-order valence-corrected chi connectivity index (χ1v) is 8.45. The van der Waals surface area contributed by atoms with Crippen LogP contribution >= 0.6 is 24.2 Å². The molecular formula is C19H17ClN2OS. The van der Waals surface area contributed by atoms with Crippen molar-refractivity contribution in [3.05, 3.63) is 76.9 Å². The number of amides is 1. The fourth-order valence-corrected chi connectivity index (χ4v) is 2.68. The Labute approximate surface area is 151 Å². The van der Waals surface area contributed by atoms with E-state index in [1.807, 2.05) is 54.6 Å². The van der Waals surface area contributed by atoms with E-state index >= 15 is 0 Å². The van der Waals surface area contributed by atoms with Crippen molar-refractivity contribution in [1.82, 2.24) is 10.3 Å². The highest BCUT2D eigenvalue weighted by molar-refractivity contribution is 7.80. The van der Waals surface area contributed by atoms with Crippen molar-refractivity contribution < 1.29 is 4.79 Å². The summed E-state index contributed by atoms with van der Waals surface area (Å²) < 4.78 is 0. The largest absolute Gasteiger partial charge is 0.351 e. The molecule has 0 bridgehead atoms. The predicted octanol–water partition coefficient (Wildman–Crippen LogP) is 4.60. The van der Waals surface area contributed by atoms with Crippen molar-refractivity contribution in [3.63, 3.8) is 0 Å². The van der Waals surface area contributed by atoms with Gasteiger partial charge < -0.3 is 10.3 Å². The van der Waals surface area contributed by atoms with E-state index in [2.05, 4.69) is 22.9 Å². The van der Waals surface area contributed by atoms with Crippen molar-refractivity contribution in [2.24, 2.45) is 0 Å². The normalized spacial score (nSPS) is 10.6. The number of hydrogen-bond acceptors (Lipinski definition) is 2. The van der Waals surface area contributed by atoms with Gasteiger partial charge in [0.05, 0.1) is 0 Å². The van der Waals surface area contributed by atoms with Crippen molar-refractivity contribution in [3.8, 4) is 11.3 Å². The lowest BCUT2D eigenvalue weighted by Crippen LogP contribution is -2.25. The van der Waals surface area contributed by atoms with Gasteiger partial charge in [-0.05, 0) is 53.9 Å². The van der Waals surface area contributed by atoms with Crippen molar-refractivity contribution in [2.45, 2.75) is 11.3 Å². The molecule has 0 spiro atoms. The van der Waals surface area contributed by atoms with Gasteiger partial charge in [0, 0.05) is 22.2 Å². The molecule has 2 N–H and O–H groups in total. The van der Waals surface area contributed by atoms with Gasteiger partial charge in [-0.3, -0.25) is 4.79 Å². The van der Waals surface area contributed by atoms with Crippen LogP contribution in [0.25, 0.3) is 11.3 Å². The van der Waals surface area contributed by atoms with E-state index in [4.69, 9.17) is 11.6 Å². The molecule has 0 aliphatic carbocycles. The van der Waals surface area contributed by atoms with Gasteiger partial charge in [0.15, 0.2) is 0 Å². The zero-order chi connectivity index (χ0) is 16.9. The Morgan fingerprint density at radius 1 is 1.00 bits per heavy atom. The Bertz CT molecular complexity index is 825. The number of carbonyl (C=O) groups is 1.